The molecule has 7 rings (SSSR count). The average Bonchev–Trinajstić information content (AvgIpc) is 3.53. The first kappa shape index (κ1) is 20.5. The van der Waals surface area contributed by atoms with Gasteiger partial charge in [-0.3, -0.25) is 9.59 Å². The fourth-order valence-electron chi connectivity index (χ4n) is 6.23. The lowest BCUT2D eigenvalue weighted by molar-refractivity contribution is -0.147. The zero-order valence-electron chi connectivity index (χ0n) is 18.5. The molecule has 4 aliphatic heterocycles. The molecule has 2 unspecified atom stereocenters. The lowest BCUT2D eigenvalue weighted by Gasteiger charge is -2.42. The summed E-state index contributed by atoms with van der Waals surface area (Å²) in [4.78, 5) is 28.0. The fourth-order valence-corrected chi connectivity index (χ4v) is 6.23. The van der Waals surface area contributed by atoms with Gasteiger partial charge in [0.05, 0.1) is 36.3 Å². The Labute approximate surface area is 188 Å². The van der Waals surface area contributed by atoms with Crippen molar-refractivity contribution in [2.45, 2.75) is 68.5 Å². The zero-order chi connectivity index (χ0) is 21.8. The number of hydrogen-bond acceptors (Lipinski definition) is 5. The Kier molecular flexibility index (Phi) is 4.95. The summed E-state index contributed by atoms with van der Waals surface area (Å²) in [5.41, 5.74) is 0.258. The van der Waals surface area contributed by atoms with Crippen molar-refractivity contribution in [3.63, 3.8) is 0 Å². The van der Waals surface area contributed by atoms with Crippen LogP contribution in [0.25, 0.3) is 0 Å². The van der Waals surface area contributed by atoms with Gasteiger partial charge < -0.3 is 24.4 Å². The van der Waals surface area contributed by atoms with E-state index in [0.717, 1.165) is 44.3 Å². The molecule has 0 aromatic heterocycles. The van der Waals surface area contributed by atoms with E-state index in [4.69, 9.17) is 14.2 Å². The van der Waals surface area contributed by atoms with E-state index in [1.54, 1.807) is 0 Å². The minimum absolute atomic E-state index is 0.0878. The second kappa shape index (κ2) is 7.73. The smallest absolute Gasteiger partial charge is 0.246 e. The highest BCUT2D eigenvalue weighted by molar-refractivity contribution is 5.87. The Hall–Kier alpha value is -2.12. The van der Waals surface area contributed by atoms with Crippen LogP contribution in [0.4, 0.5) is 0 Å². The number of benzene rings is 1. The standard InChI is InChI=1S/C25H32N2O5/c28-22-14-30-16-25(26-22)11-12-27-21(25)13-31-18-7-5-17(6-8-18)19-3-1-2-4-20(19)32-15-24(9-10-24)23(27)29/h1-4,17-18,21H,5-16H2,(H,26,28)/t17-,18+,21?,25?. The summed E-state index contributed by atoms with van der Waals surface area (Å²) in [5.74, 6) is 1.43. The number of carbonyl (C=O) groups excluding carboxylic acids is 2. The molecular formula is C25H32N2O5. The van der Waals surface area contributed by atoms with E-state index >= 15 is 0 Å². The van der Waals surface area contributed by atoms with Crippen LogP contribution < -0.4 is 10.1 Å². The molecule has 172 valence electrons. The minimum Gasteiger partial charge on any atom is -0.492 e. The molecule has 2 saturated carbocycles. The van der Waals surface area contributed by atoms with E-state index < -0.39 is 11.0 Å². The third-order valence-corrected chi connectivity index (χ3v) is 8.39. The zero-order valence-corrected chi connectivity index (χ0v) is 18.5. The van der Waals surface area contributed by atoms with Gasteiger partial charge in [0.2, 0.25) is 11.8 Å². The number of nitrogens with zero attached hydrogens (tertiary/aromatic N) is 1. The molecule has 2 spiro atoms. The van der Waals surface area contributed by atoms with Crippen LogP contribution in [0.5, 0.6) is 5.75 Å². The minimum atomic E-state index is -0.553. The summed E-state index contributed by atoms with van der Waals surface area (Å²) in [6.07, 6.45) is 6.74. The Morgan fingerprint density at radius 2 is 1.81 bits per heavy atom. The maximum Gasteiger partial charge on any atom is 0.246 e. The van der Waals surface area contributed by atoms with E-state index in [-0.39, 0.29) is 30.6 Å². The van der Waals surface area contributed by atoms with Crippen molar-refractivity contribution in [3.05, 3.63) is 29.8 Å². The van der Waals surface area contributed by atoms with Crippen molar-refractivity contribution in [3.8, 4) is 5.75 Å². The Morgan fingerprint density at radius 1 is 1.00 bits per heavy atom. The molecule has 7 nitrogen and oxygen atoms in total. The van der Waals surface area contributed by atoms with Crippen LogP contribution in [0.3, 0.4) is 0 Å². The number of morpholine rings is 1. The van der Waals surface area contributed by atoms with E-state index in [1.807, 2.05) is 17.0 Å². The van der Waals surface area contributed by atoms with Crippen molar-refractivity contribution < 1.29 is 23.8 Å². The molecule has 1 aromatic rings. The number of nitrogens with one attached hydrogen (secondary N) is 1. The number of carbonyl (C=O) groups is 2. The van der Waals surface area contributed by atoms with Crippen LogP contribution in [-0.2, 0) is 19.1 Å². The van der Waals surface area contributed by atoms with E-state index in [9.17, 15) is 9.59 Å². The van der Waals surface area contributed by atoms with Gasteiger partial charge in [-0.1, -0.05) is 18.2 Å². The number of ether oxygens (including phenoxy) is 3. The van der Waals surface area contributed by atoms with Crippen molar-refractivity contribution in [1.29, 1.82) is 0 Å². The third-order valence-electron chi connectivity index (χ3n) is 8.39. The molecule has 6 aliphatic rings. The lowest BCUT2D eigenvalue weighted by atomic mass is 9.82. The van der Waals surface area contributed by atoms with Gasteiger partial charge in [-0.25, -0.2) is 0 Å². The van der Waals surface area contributed by atoms with Crippen molar-refractivity contribution in [2.75, 3.05) is 33.0 Å². The van der Waals surface area contributed by atoms with Gasteiger partial charge in [0.15, 0.2) is 0 Å². The molecule has 32 heavy (non-hydrogen) atoms. The molecule has 2 atom stereocenters. The Bertz CT molecular complexity index is 907. The van der Waals surface area contributed by atoms with Crippen LogP contribution in [0.15, 0.2) is 24.3 Å². The number of fused-ring (bicyclic) bond motifs is 4. The fraction of sp³-hybridized carbons (Fsp3) is 0.680. The SMILES string of the molecule is O=C1COCC2(CCN3C(=O)C4(CC4)COc4ccccc4[C@H]4CC[C@H](CC4)OCC32)N1. The summed E-state index contributed by atoms with van der Waals surface area (Å²) in [6.45, 7) is 1.99. The summed E-state index contributed by atoms with van der Waals surface area (Å²) in [5, 5.41) is 3.18. The van der Waals surface area contributed by atoms with E-state index in [0.29, 0.717) is 38.7 Å². The second-order valence-corrected chi connectivity index (χ2v) is 10.4. The highest BCUT2D eigenvalue weighted by Crippen LogP contribution is 2.50. The highest BCUT2D eigenvalue weighted by atomic mass is 16.5. The summed E-state index contributed by atoms with van der Waals surface area (Å²) < 4.78 is 18.5. The van der Waals surface area contributed by atoms with Crippen LogP contribution in [0, 0.1) is 5.41 Å². The maximum atomic E-state index is 13.8. The molecule has 7 heteroatoms. The summed E-state index contributed by atoms with van der Waals surface area (Å²) in [6, 6.07) is 8.13. The van der Waals surface area contributed by atoms with Gasteiger partial charge in [0.1, 0.15) is 19.0 Å². The first-order valence-electron chi connectivity index (χ1n) is 12.1. The predicted molar refractivity (Wildman–Crippen MR) is 116 cm³/mol. The number of para-hydroxylation sites is 1. The Morgan fingerprint density at radius 3 is 2.59 bits per heavy atom. The number of hydrogen-bond donors (Lipinski definition) is 1. The molecule has 1 aromatic carbocycles. The first-order valence-corrected chi connectivity index (χ1v) is 12.1. The van der Waals surface area contributed by atoms with Gasteiger partial charge in [0, 0.05) is 6.54 Å². The summed E-state index contributed by atoms with van der Waals surface area (Å²) in [7, 11) is 0. The van der Waals surface area contributed by atoms with Gasteiger partial charge in [0.25, 0.3) is 0 Å². The van der Waals surface area contributed by atoms with Crippen LogP contribution in [0.2, 0.25) is 0 Å². The second-order valence-electron chi connectivity index (χ2n) is 10.4. The van der Waals surface area contributed by atoms with Crippen molar-refractivity contribution in [2.24, 2.45) is 5.41 Å². The first-order chi connectivity index (χ1) is 15.6. The van der Waals surface area contributed by atoms with Crippen molar-refractivity contribution >= 4 is 11.8 Å². The van der Waals surface area contributed by atoms with Crippen LogP contribution in [-0.4, -0.2) is 67.4 Å². The van der Waals surface area contributed by atoms with E-state index in [1.165, 1.54) is 5.56 Å². The molecule has 2 aliphatic carbocycles. The van der Waals surface area contributed by atoms with Gasteiger partial charge in [-0.2, -0.15) is 0 Å². The highest BCUT2D eigenvalue weighted by Gasteiger charge is 2.59. The third kappa shape index (κ3) is 3.41. The Balaban J connectivity index is 1.33. The monoisotopic (exact) mass is 440 g/mol. The average molecular weight is 441 g/mol. The molecule has 0 radical (unpaired) electrons. The number of amides is 2. The molecule has 2 saturated heterocycles. The molecule has 4 fully saturated rings. The molecule has 2 amide bonds. The van der Waals surface area contributed by atoms with Crippen LogP contribution >= 0.6 is 0 Å². The molecule has 2 bridgehead atoms. The van der Waals surface area contributed by atoms with E-state index in [2.05, 4.69) is 17.4 Å². The maximum absolute atomic E-state index is 13.8. The van der Waals surface area contributed by atoms with Gasteiger partial charge in [-0.05, 0) is 62.5 Å². The lowest BCUT2D eigenvalue weighted by Crippen LogP contribution is -2.65. The largest absolute Gasteiger partial charge is 0.492 e. The summed E-state index contributed by atoms with van der Waals surface area (Å²) >= 11 is 0. The van der Waals surface area contributed by atoms with Gasteiger partial charge >= 0.3 is 0 Å². The predicted octanol–water partition coefficient (Wildman–Crippen LogP) is 2.39. The quantitative estimate of drug-likeness (QED) is 0.670. The van der Waals surface area contributed by atoms with Crippen LogP contribution in [0.1, 0.15) is 56.4 Å². The van der Waals surface area contributed by atoms with Crippen molar-refractivity contribution in [1.82, 2.24) is 10.2 Å². The normalized spacial score (nSPS) is 36.2. The molecular weight excluding hydrogens is 408 g/mol. The topological polar surface area (TPSA) is 77.1 Å². The molecule has 4 heterocycles. The number of rotatable bonds is 0. The van der Waals surface area contributed by atoms with Gasteiger partial charge in [-0.15, -0.1) is 0 Å². The molecule has 1 N–H and O–H groups in total.